The summed E-state index contributed by atoms with van der Waals surface area (Å²) in [4.78, 5) is 13.5. The number of rotatable bonds is 3. The first-order chi connectivity index (χ1) is 7.51. The standard InChI is InChI=1S/C11H15ClN2O2/c1-4-14(2)10-8(11(15)16-3)5-7(13)6-9(10)12/h5-6H,4,13H2,1-3H3. The fraction of sp³-hybridized carbons (Fsp3) is 0.364. The summed E-state index contributed by atoms with van der Waals surface area (Å²) in [5.74, 6) is -0.440. The van der Waals surface area contributed by atoms with Crippen LogP contribution in [0.4, 0.5) is 11.4 Å². The minimum absolute atomic E-state index is 0.386. The van der Waals surface area contributed by atoms with E-state index in [9.17, 15) is 4.79 Å². The predicted octanol–water partition coefficient (Wildman–Crippen LogP) is 2.16. The number of benzene rings is 1. The van der Waals surface area contributed by atoms with Crippen LogP contribution in [-0.2, 0) is 4.74 Å². The van der Waals surface area contributed by atoms with E-state index in [1.165, 1.54) is 7.11 Å². The Morgan fingerprint density at radius 1 is 1.56 bits per heavy atom. The van der Waals surface area contributed by atoms with E-state index in [0.29, 0.717) is 22.0 Å². The summed E-state index contributed by atoms with van der Waals surface area (Å²) in [7, 11) is 3.18. The average molecular weight is 243 g/mol. The molecule has 16 heavy (non-hydrogen) atoms. The molecule has 0 spiro atoms. The zero-order valence-electron chi connectivity index (χ0n) is 9.58. The maximum absolute atomic E-state index is 11.6. The van der Waals surface area contributed by atoms with E-state index in [2.05, 4.69) is 0 Å². The van der Waals surface area contributed by atoms with Crippen LogP contribution in [0.1, 0.15) is 17.3 Å². The summed E-state index contributed by atoms with van der Waals surface area (Å²) in [6.07, 6.45) is 0. The van der Waals surface area contributed by atoms with E-state index in [0.717, 1.165) is 6.54 Å². The number of halogens is 1. The van der Waals surface area contributed by atoms with Gasteiger partial charge in [0.05, 0.1) is 23.4 Å². The Kier molecular flexibility index (Phi) is 4.01. The first-order valence-electron chi connectivity index (χ1n) is 4.89. The van der Waals surface area contributed by atoms with Gasteiger partial charge in [-0.3, -0.25) is 0 Å². The SMILES string of the molecule is CCN(C)c1c(Cl)cc(N)cc1C(=O)OC. The number of methoxy groups -OCH3 is 1. The molecule has 88 valence electrons. The Labute approximate surface area is 99.9 Å². The van der Waals surface area contributed by atoms with Crippen molar-refractivity contribution in [2.75, 3.05) is 31.3 Å². The normalized spacial score (nSPS) is 10.0. The van der Waals surface area contributed by atoms with Crippen LogP contribution in [0.2, 0.25) is 5.02 Å². The van der Waals surface area contributed by atoms with Crippen molar-refractivity contribution in [3.63, 3.8) is 0 Å². The van der Waals surface area contributed by atoms with Crippen LogP contribution in [0.15, 0.2) is 12.1 Å². The number of carbonyl (C=O) groups is 1. The fourth-order valence-electron chi connectivity index (χ4n) is 1.43. The number of nitrogens with two attached hydrogens (primary N) is 1. The second-order valence-corrected chi connectivity index (χ2v) is 3.81. The molecule has 0 aliphatic carbocycles. The summed E-state index contributed by atoms with van der Waals surface area (Å²) in [5, 5.41) is 0.449. The Balaban J connectivity index is 3.37. The third-order valence-corrected chi connectivity index (χ3v) is 2.64. The van der Waals surface area contributed by atoms with Crippen LogP contribution in [0.3, 0.4) is 0 Å². The van der Waals surface area contributed by atoms with Crippen LogP contribution < -0.4 is 10.6 Å². The number of carbonyl (C=O) groups excluding carboxylic acids is 1. The van der Waals surface area contributed by atoms with Crippen molar-refractivity contribution in [2.45, 2.75) is 6.92 Å². The van der Waals surface area contributed by atoms with Gasteiger partial charge < -0.3 is 15.4 Å². The van der Waals surface area contributed by atoms with Gasteiger partial charge in [-0.1, -0.05) is 11.6 Å². The van der Waals surface area contributed by atoms with E-state index in [-0.39, 0.29) is 0 Å². The molecule has 2 N–H and O–H groups in total. The Bertz CT molecular complexity index is 407. The van der Waals surface area contributed by atoms with Crippen molar-refractivity contribution < 1.29 is 9.53 Å². The van der Waals surface area contributed by atoms with Crippen molar-refractivity contribution in [3.05, 3.63) is 22.7 Å². The van der Waals surface area contributed by atoms with Gasteiger partial charge in [-0.05, 0) is 19.1 Å². The lowest BCUT2D eigenvalue weighted by molar-refractivity contribution is 0.0601. The first kappa shape index (κ1) is 12.6. The lowest BCUT2D eigenvalue weighted by Gasteiger charge is -2.21. The predicted molar refractivity (Wildman–Crippen MR) is 66.1 cm³/mol. The summed E-state index contributed by atoms with van der Waals surface area (Å²) in [5.41, 5.74) is 7.12. The Hall–Kier alpha value is -1.42. The number of anilines is 2. The second kappa shape index (κ2) is 5.07. The molecule has 1 aromatic rings. The van der Waals surface area contributed by atoms with Gasteiger partial charge in [-0.15, -0.1) is 0 Å². The number of esters is 1. The molecule has 0 aromatic heterocycles. The van der Waals surface area contributed by atoms with Crippen LogP contribution in [0.25, 0.3) is 0 Å². The summed E-state index contributed by atoms with van der Waals surface area (Å²) in [6, 6.07) is 3.19. The largest absolute Gasteiger partial charge is 0.465 e. The van der Waals surface area contributed by atoms with E-state index in [1.54, 1.807) is 12.1 Å². The fourth-order valence-corrected chi connectivity index (χ4v) is 1.80. The monoisotopic (exact) mass is 242 g/mol. The summed E-state index contributed by atoms with van der Waals surface area (Å²) in [6.45, 7) is 2.70. The molecule has 1 aromatic carbocycles. The van der Waals surface area contributed by atoms with Crippen molar-refractivity contribution >= 4 is 28.9 Å². The van der Waals surface area contributed by atoms with Gasteiger partial charge in [0, 0.05) is 19.3 Å². The van der Waals surface area contributed by atoms with Gasteiger partial charge in [0.15, 0.2) is 0 Å². The molecule has 5 heteroatoms. The van der Waals surface area contributed by atoms with Gasteiger partial charge >= 0.3 is 5.97 Å². The van der Waals surface area contributed by atoms with Gasteiger partial charge in [-0.25, -0.2) is 4.79 Å². The van der Waals surface area contributed by atoms with Crippen LogP contribution in [-0.4, -0.2) is 26.7 Å². The van der Waals surface area contributed by atoms with Crippen LogP contribution in [0.5, 0.6) is 0 Å². The Morgan fingerprint density at radius 2 is 2.19 bits per heavy atom. The van der Waals surface area contributed by atoms with Gasteiger partial charge in [0.25, 0.3) is 0 Å². The highest BCUT2D eigenvalue weighted by atomic mass is 35.5. The maximum atomic E-state index is 11.6. The molecule has 0 fully saturated rings. The lowest BCUT2D eigenvalue weighted by atomic mass is 10.1. The van der Waals surface area contributed by atoms with Crippen LogP contribution >= 0.6 is 11.6 Å². The molecule has 0 heterocycles. The summed E-state index contributed by atoms with van der Waals surface area (Å²) < 4.78 is 4.70. The molecule has 0 radical (unpaired) electrons. The van der Waals surface area contributed by atoms with Crippen molar-refractivity contribution in [2.24, 2.45) is 0 Å². The van der Waals surface area contributed by atoms with Crippen LogP contribution in [0, 0.1) is 0 Å². The molecular formula is C11H15ClN2O2. The van der Waals surface area contributed by atoms with E-state index < -0.39 is 5.97 Å². The number of nitrogen functional groups attached to an aromatic ring is 1. The third kappa shape index (κ3) is 2.39. The lowest BCUT2D eigenvalue weighted by Crippen LogP contribution is -2.20. The molecule has 4 nitrogen and oxygen atoms in total. The smallest absolute Gasteiger partial charge is 0.340 e. The molecule has 0 saturated carbocycles. The molecule has 0 aliphatic heterocycles. The number of ether oxygens (including phenoxy) is 1. The molecular weight excluding hydrogens is 228 g/mol. The zero-order chi connectivity index (χ0) is 12.3. The minimum Gasteiger partial charge on any atom is -0.465 e. The number of nitrogens with zero attached hydrogens (tertiary/aromatic N) is 1. The van der Waals surface area contributed by atoms with Crippen molar-refractivity contribution in [1.29, 1.82) is 0 Å². The van der Waals surface area contributed by atoms with Crippen molar-refractivity contribution in [1.82, 2.24) is 0 Å². The molecule has 0 amide bonds. The Morgan fingerprint density at radius 3 is 2.69 bits per heavy atom. The van der Waals surface area contributed by atoms with Gasteiger partial charge in [0.2, 0.25) is 0 Å². The molecule has 0 atom stereocenters. The van der Waals surface area contributed by atoms with Gasteiger partial charge in [-0.2, -0.15) is 0 Å². The van der Waals surface area contributed by atoms with Gasteiger partial charge in [0.1, 0.15) is 0 Å². The highest BCUT2D eigenvalue weighted by Crippen LogP contribution is 2.32. The minimum atomic E-state index is -0.440. The molecule has 0 saturated heterocycles. The summed E-state index contributed by atoms with van der Waals surface area (Å²) >= 11 is 6.08. The van der Waals surface area contributed by atoms with E-state index >= 15 is 0 Å². The molecule has 0 bridgehead atoms. The maximum Gasteiger partial charge on any atom is 0.340 e. The average Bonchev–Trinajstić information content (AvgIpc) is 2.26. The topological polar surface area (TPSA) is 55.6 Å². The quantitative estimate of drug-likeness (QED) is 0.652. The number of hydrogen-bond acceptors (Lipinski definition) is 4. The zero-order valence-corrected chi connectivity index (χ0v) is 10.3. The molecule has 1 rings (SSSR count). The number of hydrogen-bond donors (Lipinski definition) is 1. The third-order valence-electron chi connectivity index (χ3n) is 2.35. The van der Waals surface area contributed by atoms with E-state index in [1.807, 2.05) is 18.9 Å². The van der Waals surface area contributed by atoms with Crippen molar-refractivity contribution in [3.8, 4) is 0 Å². The molecule has 0 aliphatic rings. The highest BCUT2D eigenvalue weighted by molar-refractivity contribution is 6.34. The first-order valence-corrected chi connectivity index (χ1v) is 5.27. The van der Waals surface area contributed by atoms with E-state index in [4.69, 9.17) is 22.1 Å². The second-order valence-electron chi connectivity index (χ2n) is 3.40. The molecule has 0 unspecified atom stereocenters. The highest BCUT2D eigenvalue weighted by Gasteiger charge is 2.18.